The van der Waals surface area contributed by atoms with E-state index >= 15 is 0 Å². The molecular weight excluding hydrogens is 762 g/mol. The van der Waals surface area contributed by atoms with Gasteiger partial charge in [0.1, 0.15) is 6.04 Å². The fourth-order valence-electron chi connectivity index (χ4n) is 8.80. The van der Waals surface area contributed by atoms with E-state index in [9.17, 15) is 24.0 Å². The van der Waals surface area contributed by atoms with Crippen LogP contribution in [-0.4, -0.2) is 131 Å². The predicted molar refractivity (Wildman–Crippen MR) is 218 cm³/mol. The maximum atomic E-state index is 13.3. The molecule has 2 aromatic carbocycles. The molecule has 3 aromatic rings. The minimum Gasteiger partial charge on any atom is -0.369 e. The Balaban J connectivity index is 0.777. The third-order valence-electron chi connectivity index (χ3n) is 12.1. The van der Waals surface area contributed by atoms with Crippen molar-refractivity contribution in [2.24, 2.45) is 5.92 Å². The summed E-state index contributed by atoms with van der Waals surface area (Å²) in [7, 11) is 0. The molecule has 0 saturated carbocycles. The maximum Gasteiger partial charge on any atom is 0.322 e. The molecule has 0 spiro atoms. The number of fused-ring (bicyclic) bond motifs is 1. The molecule has 2 N–H and O–H groups in total. The number of piperazine rings is 2. The van der Waals surface area contributed by atoms with Crippen LogP contribution in [0.1, 0.15) is 60.2 Å². The van der Waals surface area contributed by atoms with Crippen molar-refractivity contribution in [2.45, 2.75) is 57.7 Å². The van der Waals surface area contributed by atoms with Crippen LogP contribution in [0.4, 0.5) is 33.5 Å². The molecule has 16 nitrogen and oxygen atoms in total. The predicted octanol–water partition coefficient (Wildman–Crippen LogP) is 4.25. The van der Waals surface area contributed by atoms with Gasteiger partial charge < -0.3 is 24.9 Å². The number of amides is 6. The van der Waals surface area contributed by atoms with Crippen molar-refractivity contribution in [1.29, 1.82) is 0 Å². The minimum atomic E-state index is -0.978. The first-order valence-electron chi connectivity index (χ1n) is 19.9. The van der Waals surface area contributed by atoms with Gasteiger partial charge in [0.05, 0.1) is 35.8 Å². The lowest BCUT2D eigenvalue weighted by molar-refractivity contribution is -0.136. The summed E-state index contributed by atoms with van der Waals surface area (Å²) in [5.74, 6) is -0.798. The van der Waals surface area contributed by atoms with Crippen molar-refractivity contribution < 1.29 is 24.0 Å². The number of nitrogens with zero attached hydrogens (tertiary/aromatic N) is 9. The number of halogens is 1. The van der Waals surface area contributed by atoms with Crippen LogP contribution in [-0.2, 0) is 9.59 Å². The molecule has 58 heavy (non-hydrogen) atoms. The Morgan fingerprint density at radius 1 is 0.862 bits per heavy atom. The monoisotopic (exact) mass is 807 g/mol. The van der Waals surface area contributed by atoms with E-state index in [1.807, 2.05) is 30.0 Å². The number of urea groups is 1. The van der Waals surface area contributed by atoms with Crippen LogP contribution in [0, 0.1) is 12.5 Å². The highest BCUT2D eigenvalue weighted by atomic mass is 35.5. The number of nitrogens with one attached hydrogen (secondary N) is 2. The molecule has 0 aliphatic carbocycles. The Kier molecular flexibility index (Phi) is 10.9. The van der Waals surface area contributed by atoms with Crippen molar-refractivity contribution in [3.63, 3.8) is 0 Å². The van der Waals surface area contributed by atoms with Crippen molar-refractivity contribution in [2.75, 3.05) is 78.9 Å². The number of hydrogen-bond acceptors (Lipinski definition) is 11. The van der Waals surface area contributed by atoms with E-state index in [4.69, 9.17) is 18.2 Å². The highest BCUT2D eigenvalue weighted by molar-refractivity contribution is 6.33. The second-order valence-electron chi connectivity index (χ2n) is 15.8. The number of aromatic nitrogens is 2. The summed E-state index contributed by atoms with van der Waals surface area (Å²) in [5, 5.41) is 5.64. The molecule has 5 aliphatic heterocycles. The molecule has 5 aliphatic rings. The lowest BCUT2D eigenvalue weighted by Gasteiger charge is -2.45. The molecular formula is C41H46ClN11O5. The third kappa shape index (κ3) is 7.76. The van der Waals surface area contributed by atoms with Gasteiger partial charge in [-0.2, -0.15) is 0 Å². The van der Waals surface area contributed by atoms with E-state index in [1.165, 1.54) is 0 Å². The van der Waals surface area contributed by atoms with Crippen molar-refractivity contribution in [3.05, 3.63) is 76.4 Å². The number of rotatable bonds is 7. The van der Waals surface area contributed by atoms with Gasteiger partial charge in [-0.05, 0) is 69.4 Å². The average Bonchev–Trinajstić information content (AvgIpc) is 3.47. The van der Waals surface area contributed by atoms with Gasteiger partial charge in [0.2, 0.25) is 23.5 Å². The highest BCUT2D eigenvalue weighted by Crippen LogP contribution is 2.34. The van der Waals surface area contributed by atoms with Crippen molar-refractivity contribution >= 4 is 70.0 Å². The van der Waals surface area contributed by atoms with E-state index in [0.717, 1.165) is 74.9 Å². The topological polar surface area (TPSA) is 159 Å². The SMILES string of the molecule is [C-]#[N+]c1ccc(N2C[C@H](C)N(C(=O)Nc3cnc(N4CCC(CN5CCN(c6ccc7c(c6)C(=O)N(C6CCC(=O)NC6=O)C7=O)CC5)CC4)nc3)C[C@H]2C)cc1Cl. The Hall–Kier alpha value is -5.79. The molecule has 6 amide bonds. The van der Waals surface area contributed by atoms with Crippen LogP contribution < -0.4 is 25.3 Å². The second-order valence-corrected chi connectivity index (χ2v) is 16.3. The first kappa shape index (κ1) is 39.1. The Bertz CT molecular complexity index is 2160. The standard InChI is InChI=1S/C41H46ClN11O5/c1-25-23-52(26(2)22-51(25)30-5-7-34(43-3)33(42)19-30)41(58)46-28-20-44-40(45-21-28)50-12-10-27(11-13-50)24-48-14-16-49(17-15-48)29-4-6-31-32(18-29)39(57)53(38(31)56)35-8-9-36(54)47-37(35)55/h4-7,18-21,25-27,35H,8-17,22-24H2,1-2H3,(H,46,58)(H,47,54,55)/t25-,26+,35?/m1/s1. The number of imide groups is 2. The molecule has 0 bridgehead atoms. The van der Waals surface area contributed by atoms with Gasteiger partial charge >= 0.3 is 6.03 Å². The van der Waals surface area contributed by atoms with Crippen LogP contribution in [0.3, 0.4) is 0 Å². The molecule has 4 fully saturated rings. The zero-order valence-corrected chi connectivity index (χ0v) is 33.3. The largest absolute Gasteiger partial charge is 0.369 e. The van der Waals surface area contributed by atoms with Crippen LogP contribution in [0.2, 0.25) is 5.02 Å². The summed E-state index contributed by atoms with van der Waals surface area (Å²) < 4.78 is 0. The van der Waals surface area contributed by atoms with Gasteiger partial charge in [-0.1, -0.05) is 17.7 Å². The van der Waals surface area contributed by atoms with Crippen LogP contribution in [0.15, 0.2) is 48.8 Å². The van der Waals surface area contributed by atoms with Crippen LogP contribution in [0.5, 0.6) is 0 Å². The smallest absolute Gasteiger partial charge is 0.322 e. The summed E-state index contributed by atoms with van der Waals surface area (Å²) in [4.78, 5) is 88.4. The number of anilines is 4. The summed E-state index contributed by atoms with van der Waals surface area (Å²) in [6.07, 6.45) is 5.59. The van der Waals surface area contributed by atoms with Crippen LogP contribution in [0.25, 0.3) is 4.85 Å². The summed E-state index contributed by atoms with van der Waals surface area (Å²) >= 11 is 6.31. The van der Waals surface area contributed by atoms with E-state index in [0.29, 0.717) is 46.9 Å². The molecule has 3 atom stereocenters. The first-order chi connectivity index (χ1) is 28.0. The van der Waals surface area contributed by atoms with E-state index in [-0.39, 0.29) is 36.5 Å². The third-order valence-corrected chi connectivity index (χ3v) is 12.4. The van der Waals surface area contributed by atoms with E-state index in [1.54, 1.807) is 30.6 Å². The van der Waals surface area contributed by atoms with E-state index < -0.39 is 29.7 Å². The van der Waals surface area contributed by atoms with Gasteiger partial charge in [0.15, 0.2) is 0 Å². The highest BCUT2D eigenvalue weighted by Gasteiger charge is 2.45. The molecule has 0 radical (unpaired) electrons. The zero-order chi connectivity index (χ0) is 40.7. The Morgan fingerprint density at radius 3 is 2.26 bits per heavy atom. The maximum absolute atomic E-state index is 13.3. The van der Waals surface area contributed by atoms with Gasteiger partial charge in [-0.15, -0.1) is 0 Å². The van der Waals surface area contributed by atoms with Gasteiger partial charge in [-0.25, -0.2) is 19.6 Å². The normalized spacial score (nSPS) is 23.2. The van der Waals surface area contributed by atoms with E-state index in [2.05, 4.69) is 52.0 Å². The van der Waals surface area contributed by atoms with Gasteiger partial charge in [-0.3, -0.25) is 34.3 Å². The summed E-state index contributed by atoms with van der Waals surface area (Å²) in [6.45, 7) is 18.5. The Morgan fingerprint density at radius 2 is 1.57 bits per heavy atom. The van der Waals surface area contributed by atoms with Crippen molar-refractivity contribution in [3.8, 4) is 0 Å². The molecule has 6 heterocycles. The number of carbonyl (C=O) groups is 5. The molecule has 17 heteroatoms. The van der Waals surface area contributed by atoms with Gasteiger partial charge in [0.25, 0.3) is 11.8 Å². The number of carbonyl (C=O) groups excluding carboxylic acids is 5. The zero-order valence-electron chi connectivity index (χ0n) is 32.6. The number of benzene rings is 2. The number of piperidine rings is 2. The average molecular weight is 808 g/mol. The second kappa shape index (κ2) is 16.2. The fraction of sp³-hybridized carbons (Fsp3) is 0.463. The molecule has 1 aromatic heterocycles. The number of hydrogen-bond donors (Lipinski definition) is 2. The first-order valence-corrected chi connectivity index (χ1v) is 20.3. The molecule has 4 saturated heterocycles. The lowest BCUT2D eigenvalue weighted by Crippen LogP contribution is -2.59. The van der Waals surface area contributed by atoms with Crippen LogP contribution >= 0.6 is 11.6 Å². The molecule has 302 valence electrons. The minimum absolute atomic E-state index is 0.0449. The molecule has 8 rings (SSSR count). The fourth-order valence-corrected chi connectivity index (χ4v) is 9.02. The van der Waals surface area contributed by atoms with Gasteiger partial charge in [0, 0.05) is 93.8 Å². The Labute approximate surface area is 341 Å². The quantitative estimate of drug-likeness (QED) is 0.260. The summed E-state index contributed by atoms with van der Waals surface area (Å²) in [5.41, 5.74) is 3.36. The summed E-state index contributed by atoms with van der Waals surface area (Å²) in [6, 6.07) is 9.56. The molecule has 1 unspecified atom stereocenters. The lowest BCUT2D eigenvalue weighted by atomic mass is 9.96. The van der Waals surface area contributed by atoms with Crippen molar-refractivity contribution in [1.82, 2.24) is 30.0 Å².